The molecule has 0 aromatic rings. The average molecular weight is 297 g/mol. The number of nitrogens with zero attached hydrogens (tertiary/aromatic N) is 1. The van der Waals surface area contributed by atoms with E-state index in [1.54, 1.807) is 0 Å². The van der Waals surface area contributed by atoms with Gasteiger partial charge in [-0.25, -0.2) is 4.79 Å². The highest BCUT2D eigenvalue weighted by atomic mass is 19.4. The SMILES string of the molecule is NC(=O)[C@@H]1CNCC[C@@H]1N1CCC1.O=C(O)C(F)(F)F. The molecule has 1 amide bonds. The molecule has 2 fully saturated rings. The molecule has 116 valence electrons. The first-order chi connectivity index (χ1) is 9.23. The number of alkyl halides is 3. The van der Waals surface area contributed by atoms with Crippen LogP contribution in [0.1, 0.15) is 12.8 Å². The molecule has 2 aliphatic heterocycles. The molecule has 6 nitrogen and oxygen atoms in total. The van der Waals surface area contributed by atoms with Crippen molar-refractivity contribution < 1.29 is 27.9 Å². The molecule has 2 atom stereocenters. The third-order valence-corrected chi connectivity index (χ3v) is 3.41. The highest BCUT2D eigenvalue weighted by Gasteiger charge is 2.38. The van der Waals surface area contributed by atoms with Crippen molar-refractivity contribution in [2.75, 3.05) is 26.2 Å². The van der Waals surface area contributed by atoms with Crippen LogP contribution in [0, 0.1) is 5.92 Å². The number of amides is 1. The van der Waals surface area contributed by atoms with Crippen molar-refractivity contribution in [1.82, 2.24) is 10.2 Å². The van der Waals surface area contributed by atoms with Crippen LogP contribution in [0.4, 0.5) is 13.2 Å². The van der Waals surface area contributed by atoms with Crippen LogP contribution >= 0.6 is 0 Å². The lowest BCUT2D eigenvalue weighted by molar-refractivity contribution is -0.192. The summed E-state index contributed by atoms with van der Waals surface area (Å²) < 4.78 is 31.7. The molecule has 0 aromatic heterocycles. The molecule has 4 N–H and O–H groups in total. The smallest absolute Gasteiger partial charge is 0.475 e. The standard InChI is InChI=1S/C9H17N3O.C2HF3O2/c10-9(13)7-6-11-3-2-8(7)12-4-1-5-12;3-2(4,5)1(6)7/h7-8,11H,1-6H2,(H2,10,13);(H,6,7)/t7-,8+;/m1./s1. The van der Waals surface area contributed by atoms with E-state index in [0.29, 0.717) is 6.04 Å². The van der Waals surface area contributed by atoms with Crippen molar-refractivity contribution in [1.29, 1.82) is 0 Å². The minimum atomic E-state index is -5.08. The maximum atomic E-state index is 11.2. The fraction of sp³-hybridized carbons (Fsp3) is 0.818. The number of hydrogen-bond donors (Lipinski definition) is 3. The first kappa shape index (κ1) is 16.7. The number of carboxylic acids is 1. The number of piperidine rings is 1. The molecule has 2 aliphatic rings. The normalized spacial score (nSPS) is 26.9. The molecule has 2 heterocycles. The summed E-state index contributed by atoms with van der Waals surface area (Å²) >= 11 is 0. The Kier molecular flexibility index (Phi) is 5.75. The Hall–Kier alpha value is -1.35. The number of primary amides is 1. The van der Waals surface area contributed by atoms with Crippen molar-refractivity contribution >= 4 is 11.9 Å². The molecule has 20 heavy (non-hydrogen) atoms. The predicted molar refractivity (Wildman–Crippen MR) is 63.8 cm³/mol. The molecular weight excluding hydrogens is 279 g/mol. The second kappa shape index (κ2) is 6.89. The molecule has 0 aromatic carbocycles. The van der Waals surface area contributed by atoms with E-state index < -0.39 is 12.1 Å². The summed E-state index contributed by atoms with van der Waals surface area (Å²) in [7, 11) is 0. The predicted octanol–water partition coefficient (Wildman–Crippen LogP) is -0.211. The minimum absolute atomic E-state index is 0.0223. The Bertz CT molecular complexity index is 359. The number of carbonyl (C=O) groups is 2. The fourth-order valence-electron chi connectivity index (χ4n) is 2.24. The highest BCUT2D eigenvalue weighted by Crippen LogP contribution is 2.22. The Morgan fingerprint density at radius 3 is 2.20 bits per heavy atom. The van der Waals surface area contributed by atoms with Crippen molar-refractivity contribution in [3.05, 3.63) is 0 Å². The lowest BCUT2D eigenvalue weighted by atomic mass is 9.89. The van der Waals surface area contributed by atoms with Gasteiger partial charge in [0.2, 0.25) is 5.91 Å². The number of nitrogens with two attached hydrogens (primary N) is 1. The Morgan fingerprint density at radius 2 is 1.85 bits per heavy atom. The lowest BCUT2D eigenvalue weighted by Gasteiger charge is -2.43. The van der Waals surface area contributed by atoms with Crippen LogP contribution in [0.15, 0.2) is 0 Å². The molecule has 0 radical (unpaired) electrons. The third-order valence-electron chi connectivity index (χ3n) is 3.41. The van der Waals surface area contributed by atoms with Crippen LogP contribution in [0.25, 0.3) is 0 Å². The summed E-state index contributed by atoms with van der Waals surface area (Å²) in [4.78, 5) is 22.4. The first-order valence-corrected chi connectivity index (χ1v) is 6.27. The zero-order chi connectivity index (χ0) is 15.3. The van der Waals surface area contributed by atoms with Gasteiger partial charge in [0.25, 0.3) is 0 Å². The molecule has 0 aliphatic carbocycles. The van der Waals surface area contributed by atoms with Crippen LogP contribution in [-0.2, 0) is 9.59 Å². The van der Waals surface area contributed by atoms with Gasteiger partial charge in [-0.2, -0.15) is 13.2 Å². The number of carbonyl (C=O) groups excluding carboxylic acids is 1. The lowest BCUT2D eigenvalue weighted by Crippen LogP contribution is -2.57. The summed E-state index contributed by atoms with van der Waals surface area (Å²) in [5.41, 5.74) is 5.37. The van der Waals surface area contributed by atoms with Gasteiger partial charge in [-0.3, -0.25) is 9.69 Å². The van der Waals surface area contributed by atoms with Crippen molar-refractivity contribution in [3.63, 3.8) is 0 Å². The van der Waals surface area contributed by atoms with Gasteiger partial charge in [0.1, 0.15) is 0 Å². The summed E-state index contributed by atoms with van der Waals surface area (Å²) in [5.74, 6) is -2.88. The van der Waals surface area contributed by atoms with E-state index in [4.69, 9.17) is 15.6 Å². The second-order valence-corrected chi connectivity index (χ2v) is 4.76. The van der Waals surface area contributed by atoms with Crippen LogP contribution in [0.2, 0.25) is 0 Å². The molecule has 0 bridgehead atoms. The van der Waals surface area contributed by atoms with Gasteiger partial charge in [-0.15, -0.1) is 0 Å². The fourth-order valence-corrected chi connectivity index (χ4v) is 2.24. The Morgan fingerprint density at radius 1 is 1.30 bits per heavy atom. The molecule has 9 heteroatoms. The quantitative estimate of drug-likeness (QED) is 0.655. The first-order valence-electron chi connectivity index (χ1n) is 6.27. The Labute approximate surface area is 114 Å². The molecule has 0 unspecified atom stereocenters. The number of nitrogens with one attached hydrogen (secondary N) is 1. The number of likely N-dealkylation sites (tertiary alicyclic amines) is 1. The molecule has 2 saturated heterocycles. The van der Waals surface area contributed by atoms with Crippen LogP contribution in [0.3, 0.4) is 0 Å². The number of aliphatic carboxylic acids is 1. The summed E-state index contributed by atoms with van der Waals surface area (Å²) in [6, 6.07) is 0.410. The Balaban J connectivity index is 0.000000246. The van der Waals surface area contributed by atoms with Gasteiger partial charge in [0.15, 0.2) is 0 Å². The van der Waals surface area contributed by atoms with E-state index in [-0.39, 0.29) is 11.8 Å². The minimum Gasteiger partial charge on any atom is -0.475 e. The zero-order valence-electron chi connectivity index (χ0n) is 10.8. The second-order valence-electron chi connectivity index (χ2n) is 4.76. The average Bonchev–Trinajstić information content (AvgIpc) is 2.26. The monoisotopic (exact) mass is 297 g/mol. The molecule has 2 rings (SSSR count). The summed E-state index contributed by atoms with van der Waals surface area (Å²) in [6.07, 6.45) is -2.75. The van der Waals surface area contributed by atoms with Crippen molar-refractivity contribution in [2.45, 2.75) is 25.1 Å². The van der Waals surface area contributed by atoms with Crippen molar-refractivity contribution in [2.24, 2.45) is 11.7 Å². The summed E-state index contributed by atoms with van der Waals surface area (Å²) in [5, 5.41) is 10.3. The van der Waals surface area contributed by atoms with E-state index in [2.05, 4.69) is 10.2 Å². The van der Waals surface area contributed by atoms with Crippen LogP contribution in [0.5, 0.6) is 0 Å². The number of rotatable bonds is 2. The maximum Gasteiger partial charge on any atom is 0.490 e. The van der Waals surface area contributed by atoms with E-state index in [9.17, 15) is 18.0 Å². The zero-order valence-corrected chi connectivity index (χ0v) is 10.8. The van der Waals surface area contributed by atoms with Crippen LogP contribution in [-0.4, -0.2) is 60.3 Å². The van der Waals surface area contributed by atoms with Gasteiger partial charge in [0.05, 0.1) is 5.92 Å². The van der Waals surface area contributed by atoms with Gasteiger partial charge >= 0.3 is 12.1 Å². The maximum absolute atomic E-state index is 11.2. The molecule has 0 saturated carbocycles. The number of carboxylic acid groups (broad SMARTS) is 1. The van der Waals surface area contributed by atoms with Crippen LogP contribution < -0.4 is 11.1 Å². The largest absolute Gasteiger partial charge is 0.490 e. The molecular formula is C11H18F3N3O3. The topological polar surface area (TPSA) is 95.7 Å². The number of halogens is 3. The van der Waals surface area contributed by atoms with E-state index in [0.717, 1.165) is 32.6 Å². The van der Waals surface area contributed by atoms with Gasteiger partial charge in [0, 0.05) is 12.6 Å². The highest BCUT2D eigenvalue weighted by molar-refractivity contribution is 5.77. The third kappa shape index (κ3) is 4.64. The van der Waals surface area contributed by atoms with Gasteiger partial charge in [-0.1, -0.05) is 0 Å². The van der Waals surface area contributed by atoms with Gasteiger partial charge in [-0.05, 0) is 32.5 Å². The molecule has 0 spiro atoms. The van der Waals surface area contributed by atoms with E-state index in [1.807, 2.05) is 0 Å². The van der Waals surface area contributed by atoms with E-state index >= 15 is 0 Å². The van der Waals surface area contributed by atoms with E-state index in [1.165, 1.54) is 6.42 Å². The number of hydrogen-bond acceptors (Lipinski definition) is 4. The van der Waals surface area contributed by atoms with Crippen molar-refractivity contribution in [3.8, 4) is 0 Å². The van der Waals surface area contributed by atoms with Gasteiger partial charge < -0.3 is 16.2 Å². The summed E-state index contributed by atoms with van der Waals surface area (Å²) in [6.45, 7) is 4.07.